The molecule has 0 unspecified atom stereocenters. The molecule has 1 aromatic rings. The Kier molecular flexibility index (Phi) is 5.35. The van der Waals surface area contributed by atoms with Crippen LogP contribution in [0.3, 0.4) is 0 Å². The molecule has 1 heterocycles. The van der Waals surface area contributed by atoms with Gasteiger partial charge in [0, 0.05) is 19.3 Å². The first-order valence-electron chi connectivity index (χ1n) is 5.76. The van der Waals surface area contributed by atoms with Gasteiger partial charge in [-0.3, -0.25) is 4.79 Å². The quantitative estimate of drug-likeness (QED) is 0.734. The minimum absolute atomic E-state index is 0.115. The molecule has 0 radical (unpaired) electrons. The third kappa shape index (κ3) is 4.36. The zero-order valence-electron chi connectivity index (χ0n) is 10.3. The van der Waals surface area contributed by atoms with Gasteiger partial charge in [0.1, 0.15) is 5.82 Å². The monoisotopic (exact) mass is 237 g/mol. The number of hydrogen-bond acceptors (Lipinski definition) is 5. The van der Waals surface area contributed by atoms with Crippen LogP contribution >= 0.6 is 0 Å². The maximum absolute atomic E-state index is 11.6. The fourth-order valence-electron chi connectivity index (χ4n) is 1.43. The maximum atomic E-state index is 11.6. The third-order valence-electron chi connectivity index (χ3n) is 2.49. The van der Waals surface area contributed by atoms with Crippen molar-refractivity contribution in [3.63, 3.8) is 0 Å². The largest absolute Gasteiger partial charge is 0.384 e. The van der Waals surface area contributed by atoms with Crippen molar-refractivity contribution in [2.75, 3.05) is 31.9 Å². The molecular formula is C11H19N5O. The summed E-state index contributed by atoms with van der Waals surface area (Å²) in [6.07, 6.45) is 1.47. The number of hydrogen-bond donors (Lipinski definition) is 2. The fourth-order valence-corrected chi connectivity index (χ4v) is 1.43. The molecule has 17 heavy (non-hydrogen) atoms. The van der Waals surface area contributed by atoms with E-state index in [0.29, 0.717) is 12.4 Å². The molecule has 0 atom stereocenters. The van der Waals surface area contributed by atoms with Gasteiger partial charge in [0.05, 0.1) is 0 Å². The molecule has 0 aliphatic rings. The highest BCUT2D eigenvalue weighted by Gasteiger charge is 2.08. The Labute approximate surface area is 101 Å². The molecule has 1 rings (SSSR count). The summed E-state index contributed by atoms with van der Waals surface area (Å²) >= 11 is 0. The fraction of sp³-hybridized carbons (Fsp3) is 0.545. The summed E-state index contributed by atoms with van der Waals surface area (Å²) < 4.78 is 0. The summed E-state index contributed by atoms with van der Waals surface area (Å²) in [6.45, 7) is 7.53. The lowest BCUT2D eigenvalue weighted by Crippen LogP contribution is -2.35. The van der Waals surface area contributed by atoms with E-state index in [9.17, 15) is 4.79 Å². The van der Waals surface area contributed by atoms with Crippen LogP contribution in [0, 0.1) is 0 Å². The van der Waals surface area contributed by atoms with Gasteiger partial charge < -0.3 is 16.0 Å². The molecule has 0 aliphatic carbocycles. The van der Waals surface area contributed by atoms with Crippen molar-refractivity contribution in [1.82, 2.24) is 20.2 Å². The first-order chi connectivity index (χ1) is 8.17. The standard InChI is InChI=1S/C11H19N5O/c1-3-16(4-2)8-7-14-11(17)10-13-6-5-9(12)15-10/h5-6H,3-4,7-8H2,1-2H3,(H,14,17)(H2,12,13,15). The van der Waals surface area contributed by atoms with E-state index in [2.05, 4.69) is 34.0 Å². The van der Waals surface area contributed by atoms with E-state index in [4.69, 9.17) is 5.73 Å². The summed E-state index contributed by atoms with van der Waals surface area (Å²) in [6, 6.07) is 1.55. The molecule has 0 aliphatic heterocycles. The number of nitrogens with one attached hydrogen (secondary N) is 1. The Bertz CT molecular complexity index is 365. The zero-order valence-corrected chi connectivity index (χ0v) is 10.3. The molecule has 94 valence electrons. The summed E-state index contributed by atoms with van der Waals surface area (Å²) in [4.78, 5) is 21.6. The number of amides is 1. The van der Waals surface area contributed by atoms with Crippen molar-refractivity contribution in [3.8, 4) is 0 Å². The van der Waals surface area contributed by atoms with Crippen molar-refractivity contribution < 1.29 is 4.79 Å². The Morgan fingerprint density at radius 1 is 1.47 bits per heavy atom. The molecule has 0 fully saturated rings. The molecule has 0 saturated carbocycles. The molecule has 6 nitrogen and oxygen atoms in total. The summed E-state index contributed by atoms with van der Waals surface area (Å²) in [7, 11) is 0. The van der Waals surface area contributed by atoms with Crippen LogP contribution in [0.15, 0.2) is 12.3 Å². The number of nitrogens with two attached hydrogens (primary N) is 1. The number of nitrogen functional groups attached to an aromatic ring is 1. The Morgan fingerprint density at radius 2 is 2.18 bits per heavy atom. The van der Waals surface area contributed by atoms with Crippen LogP contribution in [0.25, 0.3) is 0 Å². The average Bonchev–Trinajstić information content (AvgIpc) is 2.34. The van der Waals surface area contributed by atoms with Crippen molar-refractivity contribution in [1.29, 1.82) is 0 Å². The Morgan fingerprint density at radius 3 is 2.76 bits per heavy atom. The van der Waals surface area contributed by atoms with E-state index in [1.165, 1.54) is 6.20 Å². The molecular weight excluding hydrogens is 218 g/mol. The summed E-state index contributed by atoms with van der Waals surface area (Å²) in [5.74, 6) is 0.128. The van der Waals surface area contributed by atoms with Gasteiger partial charge in [0.2, 0.25) is 5.82 Å². The van der Waals surface area contributed by atoms with Gasteiger partial charge >= 0.3 is 0 Å². The van der Waals surface area contributed by atoms with Gasteiger partial charge in [-0.15, -0.1) is 0 Å². The summed E-state index contributed by atoms with van der Waals surface area (Å²) in [5.41, 5.74) is 5.48. The molecule has 1 aromatic heterocycles. The number of carbonyl (C=O) groups is 1. The highest BCUT2D eigenvalue weighted by atomic mass is 16.2. The second-order valence-corrected chi connectivity index (χ2v) is 3.59. The van der Waals surface area contributed by atoms with E-state index < -0.39 is 0 Å². The van der Waals surface area contributed by atoms with Gasteiger partial charge in [0.15, 0.2) is 0 Å². The van der Waals surface area contributed by atoms with Crippen molar-refractivity contribution in [3.05, 3.63) is 18.1 Å². The van der Waals surface area contributed by atoms with Crippen molar-refractivity contribution in [2.24, 2.45) is 0 Å². The van der Waals surface area contributed by atoms with Gasteiger partial charge in [0.25, 0.3) is 5.91 Å². The van der Waals surface area contributed by atoms with Crippen LogP contribution in [0.4, 0.5) is 5.82 Å². The first kappa shape index (κ1) is 13.4. The lowest BCUT2D eigenvalue weighted by molar-refractivity contribution is 0.0938. The van der Waals surface area contributed by atoms with Crippen molar-refractivity contribution in [2.45, 2.75) is 13.8 Å². The molecule has 6 heteroatoms. The topological polar surface area (TPSA) is 84.1 Å². The summed E-state index contributed by atoms with van der Waals surface area (Å²) in [5, 5.41) is 2.76. The number of aromatic nitrogens is 2. The van der Waals surface area contributed by atoms with Crippen LogP contribution in [0.1, 0.15) is 24.5 Å². The molecule has 1 amide bonds. The molecule has 0 aromatic carbocycles. The molecule has 0 spiro atoms. The lowest BCUT2D eigenvalue weighted by Gasteiger charge is -2.17. The highest BCUT2D eigenvalue weighted by Crippen LogP contribution is 1.95. The normalized spacial score (nSPS) is 10.5. The van der Waals surface area contributed by atoms with E-state index in [1.807, 2.05) is 0 Å². The first-order valence-corrected chi connectivity index (χ1v) is 5.76. The second kappa shape index (κ2) is 6.80. The van der Waals surface area contributed by atoms with Gasteiger partial charge in [-0.25, -0.2) is 9.97 Å². The van der Waals surface area contributed by atoms with E-state index in [-0.39, 0.29) is 11.7 Å². The number of likely N-dealkylation sites (N-methyl/N-ethyl adjacent to an activating group) is 1. The number of anilines is 1. The SMILES string of the molecule is CCN(CC)CCNC(=O)c1nccc(N)n1. The van der Waals surface area contributed by atoms with E-state index in [1.54, 1.807) is 6.07 Å². The smallest absolute Gasteiger partial charge is 0.289 e. The van der Waals surface area contributed by atoms with Crippen LogP contribution in [-0.4, -0.2) is 47.0 Å². The zero-order chi connectivity index (χ0) is 12.7. The minimum Gasteiger partial charge on any atom is -0.384 e. The van der Waals surface area contributed by atoms with Crippen LogP contribution in [-0.2, 0) is 0 Å². The average molecular weight is 237 g/mol. The van der Waals surface area contributed by atoms with Crippen molar-refractivity contribution >= 4 is 11.7 Å². The van der Waals surface area contributed by atoms with E-state index >= 15 is 0 Å². The molecule has 3 N–H and O–H groups in total. The predicted octanol–water partition coefficient (Wildman–Crippen LogP) is 0.130. The van der Waals surface area contributed by atoms with Gasteiger partial charge in [-0.05, 0) is 19.2 Å². The van der Waals surface area contributed by atoms with Crippen LogP contribution < -0.4 is 11.1 Å². The van der Waals surface area contributed by atoms with Crippen LogP contribution in [0.2, 0.25) is 0 Å². The van der Waals surface area contributed by atoms with Gasteiger partial charge in [-0.2, -0.15) is 0 Å². The minimum atomic E-state index is -0.288. The second-order valence-electron chi connectivity index (χ2n) is 3.59. The molecule has 0 bridgehead atoms. The number of nitrogens with zero attached hydrogens (tertiary/aromatic N) is 3. The number of rotatable bonds is 6. The Balaban J connectivity index is 2.40. The lowest BCUT2D eigenvalue weighted by atomic mass is 10.4. The molecule has 0 saturated heterocycles. The maximum Gasteiger partial charge on any atom is 0.289 e. The van der Waals surface area contributed by atoms with Crippen LogP contribution in [0.5, 0.6) is 0 Å². The van der Waals surface area contributed by atoms with Gasteiger partial charge in [-0.1, -0.05) is 13.8 Å². The number of carbonyl (C=O) groups excluding carboxylic acids is 1. The Hall–Kier alpha value is -1.69. The van der Waals surface area contributed by atoms with E-state index in [0.717, 1.165) is 19.6 Å². The highest BCUT2D eigenvalue weighted by molar-refractivity contribution is 5.90. The predicted molar refractivity (Wildman–Crippen MR) is 66.6 cm³/mol. The third-order valence-corrected chi connectivity index (χ3v) is 2.49.